The Labute approximate surface area is 116 Å². The van der Waals surface area contributed by atoms with Crippen molar-refractivity contribution in [2.24, 2.45) is 5.92 Å². The molecule has 106 valence electrons. The normalized spacial score (nSPS) is 22.1. The van der Waals surface area contributed by atoms with Gasteiger partial charge in [-0.1, -0.05) is 20.8 Å². The lowest BCUT2D eigenvalue weighted by atomic mass is 9.87. The van der Waals surface area contributed by atoms with Crippen molar-refractivity contribution in [1.82, 2.24) is 10.3 Å². The van der Waals surface area contributed by atoms with Gasteiger partial charge in [0.25, 0.3) is 5.91 Å². The number of hydrogen-bond donors (Lipinski definition) is 1. The summed E-state index contributed by atoms with van der Waals surface area (Å²) in [5, 5.41) is 3.12. The first-order valence-electron chi connectivity index (χ1n) is 7.39. The van der Waals surface area contributed by atoms with E-state index in [2.05, 4.69) is 17.2 Å². The van der Waals surface area contributed by atoms with Crippen LogP contribution in [0.5, 0.6) is 0 Å². The Morgan fingerprint density at radius 1 is 1.26 bits per heavy atom. The number of rotatable bonds is 2. The first kappa shape index (κ1) is 15.7. The molecule has 1 aliphatic carbocycles. The quantitative estimate of drug-likeness (QED) is 0.882. The molecule has 1 fully saturated rings. The maximum atomic E-state index is 12.1. The Kier molecular flexibility index (Phi) is 6.54. The fourth-order valence-electron chi connectivity index (χ4n) is 2.39. The molecule has 3 nitrogen and oxygen atoms in total. The van der Waals surface area contributed by atoms with Gasteiger partial charge in [-0.2, -0.15) is 0 Å². The molecule has 1 amide bonds. The molecule has 19 heavy (non-hydrogen) atoms. The van der Waals surface area contributed by atoms with Crippen LogP contribution in [-0.2, 0) is 0 Å². The number of carbonyl (C=O) groups excluding carboxylic acids is 1. The molecule has 1 aromatic heterocycles. The summed E-state index contributed by atoms with van der Waals surface area (Å²) >= 11 is 0. The standard InChI is InChI=1S/C14H20N2O.C2H6/c1-10-5-7-12(8-6-10)16-14(17)13-4-3-9-15-11(13)2;1-2/h3-4,9-10,12H,5-8H2,1-2H3,(H,16,17);1-2H3. The molecule has 0 unspecified atom stereocenters. The molecule has 1 N–H and O–H groups in total. The largest absolute Gasteiger partial charge is 0.349 e. The lowest BCUT2D eigenvalue weighted by molar-refractivity contribution is 0.0922. The van der Waals surface area contributed by atoms with Crippen molar-refractivity contribution < 1.29 is 4.79 Å². The highest BCUT2D eigenvalue weighted by molar-refractivity contribution is 5.95. The smallest absolute Gasteiger partial charge is 0.253 e. The summed E-state index contributed by atoms with van der Waals surface area (Å²) < 4.78 is 0. The Hall–Kier alpha value is -1.38. The summed E-state index contributed by atoms with van der Waals surface area (Å²) in [5.41, 5.74) is 1.50. The van der Waals surface area contributed by atoms with E-state index in [1.165, 1.54) is 12.8 Å². The van der Waals surface area contributed by atoms with Gasteiger partial charge in [0.1, 0.15) is 0 Å². The Morgan fingerprint density at radius 3 is 2.47 bits per heavy atom. The average Bonchev–Trinajstić information content (AvgIpc) is 2.44. The molecule has 0 aromatic carbocycles. The molecule has 0 spiro atoms. The monoisotopic (exact) mass is 262 g/mol. The second-order valence-corrected chi connectivity index (χ2v) is 5.07. The minimum Gasteiger partial charge on any atom is -0.349 e. The summed E-state index contributed by atoms with van der Waals surface area (Å²) in [6.07, 6.45) is 6.36. The van der Waals surface area contributed by atoms with Gasteiger partial charge in [0, 0.05) is 17.9 Å². The number of carbonyl (C=O) groups is 1. The SMILES string of the molecule is CC.Cc1ncccc1C(=O)NC1CCC(C)CC1. The molecule has 1 heterocycles. The average molecular weight is 262 g/mol. The zero-order valence-electron chi connectivity index (χ0n) is 12.6. The van der Waals surface area contributed by atoms with Crippen molar-refractivity contribution in [2.75, 3.05) is 0 Å². The maximum Gasteiger partial charge on any atom is 0.253 e. The van der Waals surface area contributed by atoms with E-state index in [4.69, 9.17) is 0 Å². The third kappa shape index (κ3) is 4.66. The second-order valence-electron chi connectivity index (χ2n) is 5.07. The molecule has 2 rings (SSSR count). The van der Waals surface area contributed by atoms with Gasteiger partial charge >= 0.3 is 0 Å². The lowest BCUT2D eigenvalue weighted by Crippen LogP contribution is -2.37. The second kappa shape index (κ2) is 7.93. The van der Waals surface area contributed by atoms with Crippen LogP contribution in [0.4, 0.5) is 0 Å². The van der Waals surface area contributed by atoms with Gasteiger partial charge in [0.15, 0.2) is 0 Å². The fraction of sp³-hybridized carbons (Fsp3) is 0.625. The topological polar surface area (TPSA) is 42.0 Å². The summed E-state index contributed by atoms with van der Waals surface area (Å²) in [4.78, 5) is 16.2. The van der Waals surface area contributed by atoms with E-state index < -0.39 is 0 Å². The van der Waals surface area contributed by atoms with Crippen molar-refractivity contribution in [3.63, 3.8) is 0 Å². The molecule has 0 bridgehead atoms. The van der Waals surface area contributed by atoms with Crippen LogP contribution >= 0.6 is 0 Å². The maximum absolute atomic E-state index is 12.1. The van der Waals surface area contributed by atoms with Crippen molar-refractivity contribution in [2.45, 2.75) is 59.4 Å². The molecule has 3 heteroatoms. The summed E-state index contributed by atoms with van der Waals surface area (Å²) in [6, 6.07) is 3.99. The van der Waals surface area contributed by atoms with Crippen LogP contribution in [0, 0.1) is 12.8 Å². The van der Waals surface area contributed by atoms with Crippen LogP contribution in [0.15, 0.2) is 18.3 Å². The predicted molar refractivity (Wildman–Crippen MR) is 79.2 cm³/mol. The molecule has 0 aliphatic heterocycles. The molecule has 1 aromatic rings. The number of pyridine rings is 1. The Morgan fingerprint density at radius 2 is 1.89 bits per heavy atom. The molecule has 0 saturated heterocycles. The number of aromatic nitrogens is 1. The number of nitrogens with one attached hydrogen (secondary N) is 1. The molecule has 1 saturated carbocycles. The first-order chi connectivity index (χ1) is 9.16. The number of hydrogen-bond acceptors (Lipinski definition) is 2. The zero-order chi connectivity index (χ0) is 14.3. The third-order valence-electron chi connectivity index (χ3n) is 3.60. The molecule has 1 aliphatic rings. The number of amides is 1. The summed E-state index contributed by atoms with van der Waals surface area (Å²) in [6.45, 7) is 8.15. The predicted octanol–water partition coefficient (Wildman–Crippen LogP) is 3.72. The zero-order valence-corrected chi connectivity index (χ0v) is 12.6. The first-order valence-corrected chi connectivity index (χ1v) is 7.39. The molecular formula is C16H26N2O. The van der Waals surface area contributed by atoms with Crippen LogP contribution in [-0.4, -0.2) is 16.9 Å². The van der Waals surface area contributed by atoms with Gasteiger partial charge in [-0.15, -0.1) is 0 Å². The van der Waals surface area contributed by atoms with Crippen molar-refractivity contribution >= 4 is 5.91 Å². The van der Waals surface area contributed by atoms with Crippen LogP contribution < -0.4 is 5.32 Å². The van der Waals surface area contributed by atoms with E-state index >= 15 is 0 Å². The van der Waals surface area contributed by atoms with E-state index in [1.54, 1.807) is 6.20 Å². The van der Waals surface area contributed by atoms with Gasteiger partial charge in [-0.25, -0.2) is 0 Å². The minimum absolute atomic E-state index is 0.0233. The van der Waals surface area contributed by atoms with Crippen molar-refractivity contribution in [1.29, 1.82) is 0 Å². The van der Waals surface area contributed by atoms with E-state index in [9.17, 15) is 4.79 Å². The molecule has 0 radical (unpaired) electrons. The summed E-state index contributed by atoms with van der Waals surface area (Å²) in [5.74, 6) is 0.832. The van der Waals surface area contributed by atoms with Gasteiger partial charge in [0.05, 0.1) is 5.56 Å². The van der Waals surface area contributed by atoms with Crippen molar-refractivity contribution in [3.05, 3.63) is 29.6 Å². The van der Waals surface area contributed by atoms with Gasteiger partial charge < -0.3 is 5.32 Å². The Bertz CT molecular complexity index is 395. The van der Waals surface area contributed by atoms with E-state index in [-0.39, 0.29) is 5.91 Å². The highest BCUT2D eigenvalue weighted by Gasteiger charge is 2.20. The van der Waals surface area contributed by atoms with Crippen LogP contribution in [0.2, 0.25) is 0 Å². The Balaban J connectivity index is 0.000000861. The fourth-order valence-corrected chi connectivity index (χ4v) is 2.39. The van der Waals surface area contributed by atoms with E-state index in [0.717, 1.165) is 24.5 Å². The van der Waals surface area contributed by atoms with E-state index in [0.29, 0.717) is 11.6 Å². The van der Waals surface area contributed by atoms with Crippen LogP contribution in [0.1, 0.15) is 62.5 Å². The number of nitrogens with zero attached hydrogens (tertiary/aromatic N) is 1. The van der Waals surface area contributed by atoms with Crippen LogP contribution in [0.25, 0.3) is 0 Å². The van der Waals surface area contributed by atoms with Gasteiger partial charge in [-0.05, 0) is 50.7 Å². The highest BCUT2D eigenvalue weighted by atomic mass is 16.1. The summed E-state index contributed by atoms with van der Waals surface area (Å²) in [7, 11) is 0. The molecule has 0 atom stereocenters. The minimum atomic E-state index is 0.0233. The highest BCUT2D eigenvalue weighted by Crippen LogP contribution is 2.23. The third-order valence-corrected chi connectivity index (χ3v) is 3.60. The molecular weight excluding hydrogens is 236 g/mol. The van der Waals surface area contributed by atoms with E-state index in [1.807, 2.05) is 32.9 Å². The van der Waals surface area contributed by atoms with Gasteiger partial charge in [0.2, 0.25) is 0 Å². The lowest BCUT2D eigenvalue weighted by Gasteiger charge is -2.27. The van der Waals surface area contributed by atoms with Crippen molar-refractivity contribution in [3.8, 4) is 0 Å². The van der Waals surface area contributed by atoms with Crippen LogP contribution in [0.3, 0.4) is 0 Å². The van der Waals surface area contributed by atoms with Gasteiger partial charge in [-0.3, -0.25) is 9.78 Å². The number of aryl methyl sites for hydroxylation is 1.